The van der Waals surface area contributed by atoms with Gasteiger partial charge in [0.15, 0.2) is 0 Å². The highest BCUT2D eigenvalue weighted by Crippen LogP contribution is 2.13. The molecule has 18 heavy (non-hydrogen) atoms. The maximum atomic E-state index is 13.0. The number of hydrogen-bond acceptors (Lipinski definition) is 2. The van der Waals surface area contributed by atoms with E-state index in [1.807, 2.05) is 27.7 Å². The molecule has 4 heteroatoms. The predicted octanol–water partition coefficient (Wildman–Crippen LogP) is 2.82. The van der Waals surface area contributed by atoms with Gasteiger partial charge in [-0.3, -0.25) is 4.79 Å². The molecule has 3 nitrogen and oxygen atoms in total. The van der Waals surface area contributed by atoms with Crippen LogP contribution >= 0.6 is 0 Å². The number of nitrogens with one attached hydrogen (secondary N) is 1. The van der Waals surface area contributed by atoms with Gasteiger partial charge in [-0.25, -0.2) is 4.39 Å². The largest absolute Gasteiger partial charge is 0.366 e. The highest BCUT2D eigenvalue weighted by Gasteiger charge is 2.15. The van der Waals surface area contributed by atoms with E-state index in [0.29, 0.717) is 0 Å². The van der Waals surface area contributed by atoms with Crippen LogP contribution in [0, 0.1) is 5.82 Å². The Morgan fingerprint density at radius 1 is 1.44 bits per heavy atom. The summed E-state index contributed by atoms with van der Waals surface area (Å²) in [6.07, 6.45) is 0. The Morgan fingerprint density at radius 2 is 2.11 bits per heavy atom. The van der Waals surface area contributed by atoms with Crippen LogP contribution in [0.4, 0.5) is 4.39 Å². The minimum Gasteiger partial charge on any atom is -0.366 e. The van der Waals surface area contributed by atoms with Gasteiger partial charge >= 0.3 is 0 Å². The lowest BCUT2D eigenvalue weighted by atomic mass is 10.1. The minimum absolute atomic E-state index is 0.00313. The topological polar surface area (TPSA) is 38.3 Å². The van der Waals surface area contributed by atoms with Crippen molar-refractivity contribution in [3.8, 4) is 0 Å². The second-order valence-electron chi connectivity index (χ2n) is 5.25. The quantitative estimate of drug-likeness (QED) is 0.896. The van der Waals surface area contributed by atoms with Crippen LogP contribution in [0.2, 0.25) is 0 Å². The number of halogens is 1. The first kappa shape index (κ1) is 14.6. The molecular weight excluding hydrogens is 233 g/mol. The first-order chi connectivity index (χ1) is 8.28. The Hall–Kier alpha value is -1.42. The van der Waals surface area contributed by atoms with Crippen molar-refractivity contribution in [3.63, 3.8) is 0 Å². The van der Waals surface area contributed by atoms with Crippen molar-refractivity contribution >= 4 is 5.91 Å². The van der Waals surface area contributed by atoms with E-state index in [2.05, 4.69) is 5.32 Å². The predicted molar refractivity (Wildman–Crippen MR) is 68.7 cm³/mol. The molecule has 1 atom stereocenters. The molecule has 0 saturated heterocycles. The van der Waals surface area contributed by atoms with Crippen LogP contribution in [0.25, 0.3) is 0 Å². The zero-order valence-electron chi connectivity index (χ0n) is 11.3. The molecule has 100 valence electrons. The lowest BCUT2D eigenvalue weighted by Crippen LogP contribution is -2.33. The molecule has 1 rings (SSSR count). The van der Waals surface area contributed by atoms with Gasteiger partial charge in [-0.1, -0.05) is 12.1 Å². The van der Waals surface area contributed by atoms with Crippen molar-refractivity contribution in [2.75, 3.05) is 6.61 Å². The lowest BCUT2D eigenvalue weighted by molar-refractivity contribution is -0.131. The fraction of sp³-hybridized carbons (Fsp3) is 0.500. The lowest BCUT2D eigenvalue weighted by Gasteiger charge is -2.20. The van der Waals surface area contributed by atoms with Gasteiger partial charge in [-0.15, -0.1) is 0 Å². The molecule has 0 fully saturated rings. The van der Waals surface area contributed by atoms with Gasteiger partial charge in [0.1, 0.15) is 12.4 Å². The highest BCUT2D eigenvalue weighted by atomic mass is 19.1. The van der Waals surface area contributed by atoms with E-state index in [-0.39, 0.29) is 30.0 Å². The SMILES string of the molecule is CC(NC(=O)COC(C)(C)C)c1cccc(F)c1. The summed E-state index contributed by atoms with van der Waals surface area (Å²) in [4.78, 5) is 11.6. The average molecular weight is 253 g/mol. The molecule has 0 radical (unpaired) electrons. The van der Waals surface area contributed by atoms with Crippen LogP contribution < -0.4 is 5.32 Å². The molecule has 1 aromatic rings. The van der Waals surface area contributed by atoms with Crippen molar-refractivity contribution in [1.82, 2.24) is 5.32 Å². The van der Waals surface area contributed by atoms with E-state index in [9.17, 15) is 9.18 Å². The molecule has 0 aromatic heterocycles. The van der Waals surface area contributed by atoms with Crippen molar-refractivity contribution in [3.05, 3.63) is 35.6 Å². The maximum Gasteiger partial charge on any atom is 0.246 e. The second kappa shape index (κ2) is 5.96. The summed E-state index contributed by atoms with van der Waals surface area (Å²) >= 11 is 0. The molecule has 1 aromatic carbocycles. The van der Waals surface area contributed by atoms with E-state index in [1.165, 1.54) is 12.1 Å². The molecule has 1 amide bonds. The number of rotatable bonds is 4. The molecular formula is C14H20FNO2. The third kappa shape index (κ3) is 5.27. The van der Waals surface area contributed by atoms with Gasteiger partial charge in [0.2, 0.25) is 5.91 Å². The second-order valence-corrected chi connectivity index (χ2v) is 5.25. The van der Waals surface area contributed by atoms with Gasteiger partial charge in [0.05, 0.1) is 11.6 Å². The molecule has 0 aliphatic rings. The smallest absolute Gasteiger partial charge is 0.246 e. The molecule has 1 N–H and O–H groups in total. The molecule has 0 saturated carbocycles. The van der Waals surface area contributed by atoms with Gasteiger partial charge in [-0.05, 0) is 45.4 Å². The fourth-order valence-electron chi connectivity index (χ4n) is 1.42. The number of hydrogen-bond donors (Lipinski definition) is 1. The van der Waals surface area contributed by atoms with E-state index >= 15 is 0 Å². The summed E-state index contributed by atoms with van der Waals surface area (Å²) in [6.45, 7) is 7.47. The van der Waals surface area contributed by atoms with Crippen LogP contribution in [0.5, 0.6) is 0 Å². The Labute approximate surface area is 107 Å². The van der Waals surface area contributed by atoms with E-state index in [1.54, 1.807) is 12.1 Å². The van der Waals surface area contributed by atoms with E-state index < -0.39 is 0 Å². The van der Waals surface area contributed by atoms with Crippen molar-refractivity contribution in [2.24, 2.45) is 0 Å². The van der Waals surface area contributed by atoms with Crippen LogP contribution in [-0.4, -0.2) is 18.1 Å². The summed E-state index contributed by atoms with van der Waals surface area (Å²) in [7, 11) is 0. The fourth-order valence-corrected chi connectivity index (χ4v) is 1.42. The van der Waals surface area contributed by atoms with Gasteiger partial charge in [0.25, 0.3) is 0 Å². The zero-order valence-corrected chi connectivity index (χ0v) is 11.3. The van der Waals surface area contributed by atoms with Crippen molar-refractivity contribution < 1.29 is 13.9 Å². The third-order valence-corrected chi connectivity index (χ3v) is 2.36. The molecule has 0 aliphatic heterocycles. The number of carbonyl (C=O) groups excluding carboxylic acids is 1. The van der Waals surface area contributed by atoms with Crippen LogP contribution in [0.1, 0.15) is 39.3 Å². The van der Waals surface area contributed by atoms with Crippen molar-refractivity contribution in [2.45, 2.75) is 39.3 Å². The first-order valence-corrected chi connectivity index (χ1v) is 5.97. The first-order valence-electron chi connectivity index (χ1n) is 5.97. The number of carbonyl (C=O) groups is 1. The van der Waals surface area contributed by atoms with Gasteiger partial charge in [-0.2, -0.15) is 0 Å². The standard InChI is InChI=1S/C14H20FNO2/c1-10(11-6-5-7-12(15)8-11)16-13(17)9-18-14(2,3)4/h5-8,10H,9H2,1-4H3,(H,16,17). The van der Waals surface area contributed by atoms with Crippen LogP contribution in [0.3, 0.4) is 0 Å². The number of ether oxygens (including phenoxy) is 1. The normalized spacial score (nSPS) is 13.2. The van der Waals surface area contributed by atoms with E-state index in [4.69, 9.17) is 4.74 Å². The minimum atomic E-state index is -0.348. The summed E-state index contributed by atoms with van der Waals surface area (Å²) < 4.78 is 18.4. The Morgan fingerprint density at radius 3 is 2.67 bits per heavy atom. The summed E-state index contributed by atoms with van der Waals surface area (Å²) in [5, 5.41) is 2.77. The average Bonchev–Trinajstić information content (AvgIpc) is 2.25. The molecule has 1 unspecified atom stereocenters. The zero-order chi connectivity index (χ0) is 13.8. The number of amides is 1. The van der Waals surface area contributed by atoms with Gasteiger partial charge < -0.3 is 10.1 Å². The third-order valence-electron chi connectivity index (χ3n) is 2.36. The molecule has 0 spiro atoms. The van der Waals surface area contributed by atoms with Crippen molar-refractivity contribution in [1.29, 1.82) is 0 Å². The Balaban J connectivity index is 2.50. The Bertz CT molecular complexity index is 413. The molecule has 0 aliphatic carbocycles. The summed E-state index contributed by atoms with van der Waals surface area (Å²) in [6, 6.07) is 5.95. The summed E-state index contributed by atoms with van der Waals surface area (Å²) in [5.41, 5.74) is 0.388. The van der Waals surface area contributed by atoms with Crippen LogP contribution in [0.15, 0.2) is 24.3 Å². The summed E-state index contributed by atoms with van der Waals surface area (Å²) in [5.74, 6) is -0.513. The number of benzene rings is 1. The highest BCUT2D eigenvalue weighted by molar-refractivity contribution is 5.77. The Kier molecular flexibility index (Phi) is 4.84. The van der Waals surface area contributed by atoms with Crippen LogP contribution in [-0.2, 0) is 9.53 Å². The monoisotopic (exact) mass is 253 g/mol. The van der Waals surface area contributed by atoms with Gasteiger partial charge in [0, 0.05) is 0 Å². The maximum absolute atomic E-state index is 13.0. The molecule has 0 bridgehead atoms. The van der Waals surface area contributed by atoms with E-state index in [0.717, 1.165) is 5.56 Å². The molecule has 0 heterocycles.